The van der Waals surface area contributed by atoms with Gasteiger partial charge in [0.05, 0.1) is 5.56 Å². The molecule has 23 heavy (non-hydrogen) atoms. The van der Waals surface area contributed by atoms with Gasteiger partial charge in [-0.1, -0.05) is 24.3 Å². The van der Waals surface area contributed by atoms with Crippen LogP contribution in [0.5, 0.6) is 0 Å². The van der Waals surface area contributed by atoms with Crippen molar-refractivity contribution >= 4 is 16.0 Å². The predicted octanol–water partition coefficient (Wildman–Crippen LogP) is 2.14. The molecule has 0 radical (unpaired) electrons. The second-order valence-electron chi connectivity index (χ2n) is 5.53. The maximum Gasteiger partial charge on any atom is 0.335 e. The summed E-state index contributed by atoms with van der Waals surface area (Å²) in [6.45, 7) is 0.141. The van der Waals surface area contributed by atoms with E-state index in [4.69, 9.17) is 5.11 Å². The number of hydrogen-bond acceptors (Lipinski definition) is 4. The van der Waals surface area contributed by atoms with Crippen molar-refractivity contribution in [1.29, 1.82) is 0 Å². The van der Waals surface area contributed by atoms with Crippen LogP contribution in [0.15, 0.2) is 47.6 Å². The Morgan fingerprint density at radius 2 is 2.04 bits per heavy atom. The third-order valence-corrected chi connectivity index (χ3v) is 5.02. The van der Waals surface area contributed by atoms with Crippen LogP contribution in [-0.4, -0.2) is 24.5 Å². The van der Waals surface area contributed by atoms with Gasteiger partial charge in [-0.3, -0.25) is 0 Å². The summed E-state index contributed by atoms with van der Waals surface area (Å²) in [5, 5.41) is 8.63. The lowest BCUT2D eigenvalue weighted by atomic mass is 10.1. The maximum atomic E-state index is 12.2. The Kier molecular flexibility index (Phi) is 4.14. The minimum Gasteiger partial charge on any atom is -0.478 e. The Balaban J connectivity index is 1.75. The van der Waals surface area contributed by atoms with Crippen LogP contribution in [-0.2, 0) is 16.6 Å². The molecule has 2 aromatic rings. The van der Waals surface area contributed by atoms with Crippen LogP contribution < -0.4 is 4.72 Å². The van der Waals surface area contributed by atoms with Crippen LogP contribution in [0.2, 0.25) is 0 Å². The molecule has 0 amide bonds. The molecule has 1 aliphatic rings. The first-order valence-corrected chi connectivity index (χ1v) is 8.72. The predicted molar refractivity (Wildman–Crippen MR) is 83.6 cm³/mol. The van der Waals surface area contributed by atoms with Gasteiger partial charge >= 0.3 is 5.97 Å². The first-order valence-electron chi connectivity index (χ1n) is 7.23. The SMILES string of the molecule is O=C(O)c1ccnc(S(=O)(=O)NCc2cccc(C3CC3)c2)c1. The van der Waals surface area contributed by atoms with Crippen LogP contribution in [0.1, 0.15) is 40.2 Å². The van der Waals surface area contributed by atoms with Crippen molar-refractivity contribution in [2.24, 2.45) is 0 Å². The van der Waals surface area contributed by atoms with Crippen LogP contribution in [0.3, 0.4) is 0 Å². The summed E-state index contributed by atoms with van der Waals surface area (Å²) in [4.78, 5) is 14.7. The van der Waals surface area contributed by atoms with Crippen molar-refractivity contribution in [2.45, 2.75) is 30.3 Å². The lowest BCUT2D eigenvalue weighted by molar-refractivity contribution is 0.0696. The zero-order valence-electron chi connectivity index (χ0n) is 12.3. The molecule has 0 atom stereocenters. The van der Waals surface area contributed by atoms with Crippen molar-refractivity contribution in [3.8, 4) is 0 Å². The molecule has 1 aromatic carbocycles. The standard InChI is InChI=1S/C16H16N2O4S/c19-16(20)14-6-7-17-15(9-14)23(21,22)18-10-11-2-1-3-13(8-11)12-4-5-12/h1-3,6-9,12,18H,4-5,10H2,(H,19,20). The molecule has 3 rings (SSSR count). The number of hydrogen-bond donors (Lipinski definition) is 2. The summed E-state index contributed by atoms with van der Waals surface area (Å²) in [7, 11) is -3.86. The van der Waals surface area contributed by atoms with Gasteiger partial charge in [0.15, 0.2) is 5.03 Å². The first kappa shape index (κ1) is 15.6. The topological polar surface area (TPSA) is 96.4 Å². The Morgan fingerprint density at radius 3 is 2.74 bits per heavy atom. The molecule has 0 aliphatic heterocycles. The van der Waals surface area contributed by atoms with Gasteiger partial charge in [0.1, 0.15) is 0 Å². The smallest absolute Gasteiger partial charge is 0.335 e. The first-order chi connectivity index (χ1) is 11.0. The van der Waals surface area contributed by atoms with E-state index in [1.54, 1.807) is 0 Å². The third kappa shape index (κ3) is 3.75. The Hall–Kier alpha value is -2.25. The van der Waals surface area contributed by atoms with E-state index < -0.39 is 16.0 Å². The zero-order valence-corrected chi connectivity index (χ0v) is 13.1. The molecule has 0 bridgehead atoms. The van der Waals surface area contributed by atoms with E-state index in [0.717, 1.165) is 11.6 Å². The molecule has 1 aliphatic carbocycles. The largest absolute Gasteiger partial charge is 0.478 e. The molecule has 0 spiro atoms. The highest BCUT2D eigenvalue weighted by molar-refractivity contribution is 7.89. The van der Waals surface area contributed by atoms with Crippen LogP contribution >= 0.6 is 0 Å². The molecule has 1 saturated carbocycles. The number of pyridine rings is 1. The molecule has 1 aromatic heterocycles. The van der Waals surface area contributed by atoms with Crippen molar-refractivity contribution in [2.75, 3.05) is 0 Å². The van der Waals surface area contributed by atoms with E-state index in [-0.39, 0.29) is 17.1 Å². The summed E-state index contributed by atoms with van der Waals surface area (Å²) < 4.78 is 27.0. The zero-order chi connectivity index (χ0) is 16.4. The highest BCUT2D eigenvalue weighted by Crippen LogP contribution is 2.40. The second kappa shape index (κ2) is 6.10. The highest BCUT2D eigenvalue weighted by atomic mass is 32.2. The molecular weight excluding hydrogens is 316 g/mol. The molecule has 1 heterocycles. The van der Waals surface area contributed by atoms with E-state index in [9.17, 15) is 13.2 Å². The fourth-order valence-corrected chi connectivity index (χ4v) is 3.30. The minimum absolute atomic E-state index is 0.115. The third-order valence-electron chi connectivity index (χ3n) is 3.72. The fraction of sp³-hybridized carbons (Fsp3) is 0.250. The van der Waals surface area contributed by atoms with Crippen LogP contribution in [0, 0.1) is 0 Å². The van der Waals surface area contributed by atoms with E-state index in [0.29, 0.717) is 5.92 Å². The normalized spacial score (nSPS) is 14.6. The molecule has 0 saturated heterocycles. The Bertz CT molecular complexity index is 845. The second-order valence-corrected chi connectivity index (χ2v) is 7.25. The number of rotatable bonds is 6. The number of carbonyl (C=O) groups is 1. The highest BCUT2D eigenvalue weighted by Gasteiger charge is 2.23. The van der Waals surface area contributed by atoms with Gasteiger partial charge in [0, 0.05) is 12.7 Å². The van der Waals surface area contributed by atoms with Crippen molar-refractivity contribution < 1.29 is 18.3 Å². The fourth-order valence-electron chi connectivity index (χ4n) is 2.32. The van der Waals surface area contributed by atoms with Gasteiger partial charge in [0.2, 0.25) is 0 Å². The summed E-state index contributed by atoms with van der Waals surface area (Å²) in [5.74, 6) is -0.596. The molecule has 2 N–H and O–H groups in total. The Labute approximate surface area is 134 Å². The maximum absolute atomic E-state index is 12.2. The number of aromatic carboxylic acids is 1. The minimum atomic E-state index is -3.86. The number of benzene rings is 1. The average Bonchev–Trinajstić information content (AvgIpc) is 3.38. The quantitative estimate of drug-likeness (QED) is 0.845. The lowest BCUT2D eigenvalue weighted by Crippen LogP contribution is -2.24. The molecule has 0 unspecified atom stereocenters. The van der Waals surface area contributed by atoms with Gasteiger partial charge in [0.25, 0.3) is 10.0 Å². The van der Waals surface area contributed by atoms with Gasteiger partial charge in [-0.15, -0.1) is 0 Å². The lowest BCUT2D eigenvalue weighted by Gasteiger charge is -2.08. The molecule has 6 nitrogen and oxygen atoms in total. The van der Waals surface area contributed by atoms with E-state index in [1.165, 1.54) is 30.7 Å². The molecule has 1 fully saturated rings. The number of carboxylic acid groups (broad SMARTS) is 1. The van der Waals surface area contributed by atoms with E-state index >= 15 is 0 Å². The summed E-state index contributed by atoms with van der Waals surface area (Å²) in [5.41, 5.74) is 1.98. The van der Waals surface area contributed by atoms with Crippen molar-refractivity contribution in [1.82, 2.24) is 9.71 Å². The number of aromatic nitrogens is 1. The van der Waals surface area contributed by atoms with Crippen LogP contribution in [0.4, 0.5) is 0 Å². The van der Waals surface area contributed by atoms with Crippen LogP contribution in [0.25, 0.3) is 0 Å². The monoisotopic (exact) mass is 332 g/mol. The van der Waals surface area contributed by atoms with E-state index in [1.807, 2.05) is 24.3 Å². The van der Waals surface area contributed by atoms with Gasteiger partial charge in [-0.2, -0.15) is 0 Å². The van der Waals surface area contributed by atoms with Gasteiger partial charge in [-0.05, 0) is 42.0 Å². The average molecular weight is 332 g/mol. The summed E-state index contributed by atoms with van der Waals surface area (Å²) >= 11 is 0. The summed E-state index contributed by atoms with van der Waals surface area (Å²) in [6.07, 6.45) is 3.54. The van der Waals surface area contributed by atoms with Gasteiger partial charge in [-0.25, -0.2) is 22.9 Å². The van der Waals surface area contributed by atoms with Gasteiger partial charge < -0.3 is 5.11 Å². The number of nitrogens with one attached hydrogen (secondary N) is 1. The number of nitrogens with zero attached hydrogens (tertiary/aromatic N) is 1. The molecule has 120 valence electrons. The Morgan fingerprint density at radius 1 is 1.26 bits per heavy atom. The molecular formula is C16H16N2O4S. The molecule has 7 heteroatoms. The summed E-state index contributed by atoms with van der Waals surface area (Å²) in [6, 6.07) is 10.1. The number of carboxylic acids is 1. The van der Waals surface area contributed by atoms with E-state index in [2.05, 4.69) is 9.71 Å². The van der Waals surface area contributed by atoms with Crippen molar-refractivity contribution in [3.05, 3.63) is 59.3 Å². The number of sulfonamides is 1. The van der Waals surface area contributed by atoms with Crippen molar-refractivity contribution in [3.63, 3.8) is 0 Å².